The number of aromatic nitrogens is 3. The average molecular weight is 679 g/mol. The van der Waals surface area contributed by atoms with Crippen LogP contribution in [0.25, 0.3) is 5.52 Å². The first-order chi connectivity index (χ1) is 20.5. The van der Waals surface area contributed by atoms with E-state index in [-0.39, 0.29) is 13.2 Å². The molecule has 3 N–H and O–H groups in total. The van der Waals surface area contributed by atoms with Crippen molar-refractivity contribution in [1.82, 2.24) is 14.6 Å². The number of nitrogens with zero attached hydrogens (tertiary/aromatic N) is 3. The van der Waals surface area contributed by atoms with Crippen LogP contribution in [-0.2, 0) is 44.6 Å². The van der Waals surface area contributed by atoms with Crippen LogP contribution in [0.1, 0.15) is 22.4 Å². The summed E-state index contributed by atoms with van der Waals surface area (Å²) in [4.78, 5) is 4.13. The highest BCUT2D eigenvalue weighted by Gasteiger charge is 2.59. The van der Waals surface area contributed by atoms with E-state index in [1.807, 2.05) is 91.0 Å². The second kappa shape index (κ2) is 12.9. The van der Waals surface area contributed by atoms with E-state index in [1.165, 1.54) is 6.33 Å². The number of ether oxygens (including phenoxy) is 4. The van der Waals surface area contributed by atoms with E-state index in [0.717, 1.165) is 20.3 Å². The quantitative estimate of drug-likeness (QED) is 0.191. The number of anilines is 1. The van der Waals surface area contributed by atoms with Crippen molar-refractivity contribution in [3.05, 3.63) is 129 Å². The minimum atomic E-state index is -1.94. The van der Waals surface area contributed by atoms with E-state index < -0.39 is 24.1 Å². The number of aliphatic hydroxyl groups is 1. The molecule has 0 bridgehead atoms. The largest absolute Gasteiger partial charge is 0.382 e. The molecule has 1 fully saturated rings. The summed E-state index contributed by atoms with van der Waals surface area (Å²) >= 11 is 2.16. The lowest BCUT2D eigenvalue weighted by atomic mass is 10.0. The van der Waals surface area contributed by atoms with Crippen LogP contribution in [0.3, 0.4) is 0 Å². The van der Waals surface area contributed by atoms with E-state index in [4.69, 9.17) is 24.7 Å². The van der Waals surface area contributed by atoms with Crippen LogP contribution in [0.4, 0.5) is 5.82 Å². The zero-order valence-corrected chi connectivity index (χ0v) is 24.9. The molecule has 6 rings (SSSR count). The fraction of sp³-hybridized carbons (Fsp3) is 0.250. The lowest BCUT2D eigenvalue weighted by Gasteiger charge is -2.30. The molecule has 3 aromatic carbocycles. The summed E-state index contributed by atoms with van der Waals surface area (Å²) < 4.78 is 27.9. The monoisotopic (exact) mass is 678 g/mol. The Morgan fingerprint density at radius 1 is 0.857 bits per heavy atom. The van der Waals surface area contributed by atoms with Gasteiger partial charge in [0.05, 0.1) is 26.4 Å². The van der Waals surface area contributed by atoms with Crippen LogP contribution in [0.5, 0.6) is 0 Å². The first-order valence-corrected chi connectivity index (χ1v) is 14.7. The predicted molar refractivity (Wildman–Crippen MR) is 165 cm³/mol. The summed E-state index contributed by atoms with van der Waals surface area (Å²) in [6.07, 6.45) is -0.927. The Morgan fingerprint density at radius 2 is 1.43 bits per heavy atom. The molecule has 1 aliphatic rings. The van der Waals surface area contributed by atoms with Gasteiger partial charge in [0.25, 0.3) is 0 Å². The normalized spacial score (nSPS) is 22.1. The van der Waals surface area contributed by atoms with Crippen LogP contribution < -0.4 is 5.73 Å². The van der Waals surface area contributed by atoms with Gasteiger partial charge in [0.2, 0.25) is 5.79 Å². The Labute approximate surface area is 257 Å². The summed E-state index contributed by atoms with van der Waals surface area (Å²) in [6, 6.07) is 31.3. The van der Waals surface area contributed by atoms with Gasteiger partial charge in [-0.25, -0.2) is 9.50 Å². The standard InChI is InChI=1S/C32H31IN4O5/c33-25-16-27(37-28(25)31(34)35-21-36-37)32(38)30(41-19-24-14-8-3-9-15-24)29(40-18-23-12-6-2-7-13-23)26(42-32)20-39-17-22-10-4-1-5-11-22/h1-16,21,26,29-30,38H,17-20H2,(H2,34,35,36)/t26-,29-,30-,32?/m1/s1. The van der Waals surface area contributed by atoms with Gasteiger partial charge in [0, 0.05) is 3.57 Å². The molecular formula is C32H31IN4O5. The summed E-state index contributed by atoms with van der Waals surface area (Å²) in [5, 5.41) is 16.9. The number of fused-ring (bicyclic) bond motifs is 1. The topological polar surface area (TPSA) is 113 Å². The Hall–Kier alpha value is -3.39. The Morgan fingerprint density at radius 3 is 2.05 bits per heavy atom. The molecule has 10 heteroatoms. The maximum absolute atomic E-state index is 12.4. The highest BCUT2D eigenvalue weighted by molar-refractivity contribution is 14.1. The molecule has 216 valence electrons. The molecule has 42 heavy (non-hydrogen) atoms. The number of hydrogen-bond donors (Lipinski definition) is 2. The average Bonchev–Trinajstić information content (AvgIpc) is 3.51. The summed E-state index contributed by atoms with van der Waals surface area (Å²) in [7, 11) is 0. The minimum Gasteiger partial charge on any atom is -0.382 e. The molecule has 0 aliphatic carbocycles. The van der Waals surface area contributed by atoms with Crippen LogP contribution >= 0.6 is 22.6 Å². The third kappa shape index (κ3) is 6.05. The predicted octanol–water partition coefficient (Wildman–Crippen LogP) is 4.85. The maximum Gasteiger partial charge on any atom is 0.240 e. The van der Waals surface area contributed by atoms with Crippen molar-refractivity contribution in [2.45, 2.75) is 43.9 Å². The van der Waals surface area contributed by atoms with Gasteiger partial charge in [0.1, 0.15) is 35.8 Å². The number of halogens is 1. The van der Waals surface area contributed by atoms with Gasteiger partial charge < -0.3 is 29.8 Å². The molecule has 5 aromatic rings. The van der Waals surface area contributed by atoms with E-state index >= 15 is 0 Å². The molecule has 0 radical (unpaired) electrons. The van der Waals surface area contributed by atoms with Crippen LogP contribution in [0, 0.1) is 3.57 Å². The van der Waals surface area contributed by atoms with Gasteiger partial charge in [-0.2, -0.15) is 5.10 Å². The Kier molecular flexibility index (Phi) is 8.79. The molecule has 0 amide bonds. The lowest BCUT2D eigenvalue weighted by Crippen LogP contribution is -2.45. The highest BCUT2D eigenvalue weighted by atomic mass is 127. The Bertz CT molecular complexity index is 1610. The van der Waals surface area contributed by atoms with Crippen molar-refractivity contribution in [2.75, 3.05) is 12.3 Å². The zero-order valence-electron chi connectivity index (χ0n) is 22.8. The molecule has 3 heterocycles. The van der Waals surface area contributed by atoms with Gasteiger partial charge in [-0.3, -0.25) is 0 Å². The first-order valence-electron chi connectivity index (χ1n) is 13.6. The maximum atomic E-state index is 12.4. The first kappa shape index (κ1) is 28.7. The van der Waals surface area contributed by atoms with Gasteiger partial charge >= 0.3 is 0 Å². The van der Waals surface area contributed by atoms with E-state index in [1.54, 1.807) is 10.6 Å². The number of hydrogen-bond acceptors (Lipinski definition) is 8. The fourth-order valence-electron chi connectivity index (χ4n) is 5.19. The second-order valence-corrected chi connectivity index (χ2v) is 11.3. The highest BCUT2D eigenvalue weighted by Crippen LogP contribution is 2.43. The molecule has 1 aliphatic heterocycles. The number of nitrogens with two attached hydrogens (primary N) is 1. The molecule has 1 saturated heterocycles. The second-order valence-electron chi connectivity index (χ2n) is 10.1. The van der Waals surface area contributed by atoms with Crippen molar-refractivity contribution in [2.24, 2.45) is 0 Å². The van der Waals surface area contributed by atoms with Crippen molar-refractivity contribution < 1.29 is 24.1 Å². The molecule has 4 atom stereocenters. The van der Waals surface area contributed by atoms with Crippen LogP contribution in [0.15, 0.2) is 103 Å². The summed E-state index contributed by atoms with van der Waals surface area (Å²) in [6.45, 7) is 1.08. The van der Waals surface area contributed by atoms with Crippen molar-refractivity contribution in [1.29, 1.82) is 0 Å². The van der Waals surface area contributed by atoms with E-state index in [0.29, 0.717) is 30.2 Å². The Balaban J connectivity index is 1.36. The molecule has 0 saturated carbocycles. The van der Waals surface area contributed by atoms with E-state index in [9.17, 15) is 5.11 Å². The SMILES string of the molecule is Nc1ncnn2c(C3(O)O[C@H](COCc4ccccc4)[C@@H](OCc4ccccc4)[C@H]3OCc3ccccc3)cc(I)c12. The third-order valence-electron chi connectivity index (χ3n) is 7.24. The van der Waals surface area contributed by atoms with Crippen molar-refractivity contribution in [3.8, 4) is 0 Å². The molecular weight excluding hydrogens is 647 g/mol. The molecule has 1 unspecified atom stereocenters. The zero-order chi connectivity index (χ0) is 28.9. The van der Waals surface area contributed by atoms with Crippen LogP contribution in [-0.4, -0.2) is 44.6 Å². The number of rotatable bonds is 11. The van der Waals surface area contributed by atoms with Gasteiger partial charge in [-0.05, 0) is 45.3 Å². The van der Waals surface area contributed by atoms with Gasteiger partial charge in [0.15, 0.2) is 5.82 Å². The summed E-state index contributed by atoms with van der Waals surface area (Å²) in [5.74, 6) is -1.65. The number of benzene rings is 3. The van der Waals surface area contributed by atoms with Crippen molar-refractivity contribution in [3.63, 3.8) is 0 Å². The third-order valence-corrected chi connectivity index (χ3v) is 8.06. The molecule has 9 nitrogen and oxygen atoms in total. The smallest absolute Gasteiger partial charge is 0.240 e. The van der Waals surface area contributed by atoms with Gasteiger partial charge in [-0.15, -0.1) is 0 Å². The lowest BCUT2D eigenvalue weighted by molar-refractivity contribution is -0.256. The molecule has 2 aromatic heterocycles. The molecule has 0 spiro atoms. The van der Waals surface area contributed by atoms with E-state index in [2.05, 4.69) is 32.7 Å². The minimum absolute atomic E-state index is 0.166. The van der Waals surface area contributed by atoms with Crippen molar-refractivity contribution >= 4 is 33.9 Å². The fourth-order valence-corrected chi connectivity index (χ4v) is 5.99. The van der Waals surface area contributed by atoms with Gasteiger partial charge in [-0.1, -0.05) is 91.0 Å². The number of nitrogen functional groups attached to an aromatic ring is 1. The summed E-state index contributed by atoms with van der Waals surface area (Å²) in [5.41, 5.74) is 10.1. The van der Waals surface area contributed by atoms with Crippen LogP contribution in [0.2, 0.25) is 0 Å².